The van der Waals surface area contributed by atoms with Gasteiger partial charge in [0.1, 0.15) is 5.69 Å². The molecule has 1 heterocycles. The molecule has 0 spiro atoms. The molecule has 5 heteroatoms. The molecule has 3 rings (SSSR count). The fourth-order valence-corrected chi connectivity index (χ4v) is 2.17. The summed E-state index contributed by atoms with van der Waals surface area (Å²) in [6.07, 6.45) is 2.01. The molecule has 0 atom stereocenters. The van der Waals surface area contributed by atoms with Crippen LogP contribution in [0.5, 0.6) is 0 Å². The van der Waals surface area contributed by atoms with Gasteiger partial charge in [-0.1, -0.05) is 60.7 Å². The van der Waals surface area contributed by atoms with E-state index in [9.17, 15) is 0 Å². The number of nitrogens with two attached hydrogens (primary N) is 2. The van der Waals surface area contributed by atoms with E-state index in [2.05, 4.69) is 15.2 Å². The number of nitrogens with zero attached hydrogens (tertiary/aromatic N) is 3. The number of hydrogen-bond donors (Lipinski definition) is 2. The van der Waals surface area contributed by atoms with Gasteiger partial charge >= 0.3 is 0 Å². The van der Waals surface area contributed by atoms with Gasteiger partial charge in [0.15, 0.2) is 5.82 Å². The molecule has 0 saturated carbocycles. The molecule has 2 aromatic carbocycles. The molecular weight excluding hydrogens is 274 g/mol. The lowest BCUT2D eigenvalue weighted by Gasteiger charge is -2.09. The molecule has 0 amide bonds. The van der Waals surface area contributed by atoms with E-state index in [1.54, 1.807) is 0 Å². The second kappa shape index (κ2) is 6.05. The van der Waals surface area contributed by atoms with Gasteiger partial charge in [-0.2, -0.15) is 4.98 Å². The first kappa shape index (κ1) is 13.8. The van der Waals surface area contributed by atoms with Crippen LogP contribution in [-0.4, -0.2) is 15.2 Å². The summed E-state index contributed by atoms with van der Waals surface area (Å²) < 4.78 is 0. The van der Waals surface area contributed by atoms with E-state index < -0.39 is 0 Å². The molecular formula is C17H15N5. The van der Waals surface area contributed by atoms with Crippen LogP contribution in [0, 0.1) is 0 Å². The Labute approximate surface area is 128 Å². The summed E-state index contributed by atoms with van der Waals surface area (Å²) in [5.41, 5.74) is 14.9. The van der Waals surface area contributed by atoms with Crippen LogP contribution in [0.1, 0.15) is 16.8 Å². The van der Waals surface area contributed by atoms with E-state index in [1.807, 2.05) is 66.7 Å². The van der Waals surface area contributed by atoms with Crippen LogP contribution in [0.25, 0.3) is 11.6 Å². The van der Waals surface area contributed by atoms with Crippen molar-refractivity contribution in [3.8, 4) is 0 Å². The highest BCUT2D eigenvalue weighted by atomic mass is 15.2. The van der Waals surface area contributed by atoms with E-state index in [0.717, 1.165) is 16.7 Å². The van der Waals surface area contributed by atoms with E-state index in [0.29, 0.717) is 5.69 Å². The zero-order chi connectivity index (χ0) is 15.4. The number of hydrogen-bond acceptors (Lipinski definition) is 5. The average Bonchev–Trinajstić information content (AvgIpc) is 2.55. The van der Waals surface area contributed by atoms with Gasteiger partial charge in [0.05, 0.1) is 0 Å². The Balaban J connectivity index is 2.17. The number of aromatic nitrogens is 3. The molecule has 0 unspecified atom stereocenters. The first-order valence-electron chi connectivity index (χ1n) is 6.82. The molecule has 4 N–H and O–H groups in total. The van der Waals surface area contributed by atoms with E-state index in [1.165, 1.54) is 0 Å². The highest BCUT2D eigenvalue weighted by Gasteiger charge is 2.12. The topological polar surface area (TPSA) is 90.7 Å². The third-order valence-corrected chi connectivity index (χ3v) is 3.18. The van der Waals surface area contributed by atoms with Gasteiger partial charge in [0, 0.05) is 5.57 Å². The Bertz CT molecular complexity index is 798. The number of rotatable bonds is 3. The summed E-state index contributed by atoms with van der Waals surface area (Å²) in [6, 6.07) is 19.8. The van der Waals surface area contributed by atoms with Gasteiger partial charge < -0.3 is 11.5 Å². The lowest BCUT2D eigenvalue weighted by atomic mass is 9.99. The largest absolute Gasteiger partial charge is 0.382 e. The minimum absolute atomic E-state index is 0.0633. The van der Waals surface area contributed by atoms with E-state index in [-0.39, 0.29) is 11.8 Å². The molecule has 22 heavy (non-hydrogen) atoms. The standard InChI is InChI=1S/C17H15N5/c18-16-15(21-22-17(19)20-16)14(13-9-5-2-6-10-13)11-12-7-3-1-4-8-12/h1-11H,(H4,18,19,20,22). The molecule has 108 valence electrons. The number of nitrogen functional groups attached to an aromatic ring is 2. The zero-order valence-electron chi connectivity index (χ0n) is 11.8. The summed E-state index contributed by atoms with van der Waals surface area (Å²) in [6.45, 7) is 0. The summed E-state index contributed by atoms with van der Waals surface area (Å²) in [5, 5.41) is 7.94. The van der Waals surface area contributed by atoms with Gasteiger partial charge in [-0.15, -0.1) is 10.2 Å². The Morgan fingerprint density at radius 1 is 0.818 bits per heavy atom. The van der Waals surface area contributed by atoms with E-state index >= 15 is 0 Å². The number of benzene rings is 2. The summed E-state index contributed by atoms with van der Waals surface area (Å²) >= 11 is 0. The van der Waals surface area contributed by atoms with Crippen LogP contribution in [0.2, 0.25) is 0 Å². The molecule has 0 aliphatic rings. The van der Waals surface area contributed by atoms with Crippen molar-refractivity contribution in [1.82, 2.24) is 15.2 Å². The van der Waals surface area contributed by atoms with Crippen molar-refractivity contribution in [3.63, 3.8) is 0 Å². The van der Waals surface area contributed by atoms with Gasteiger partial charge in [0.25, 0.3) is 0 Å². The molecule has 0 bridgehead atoms. The predicted molar refractivity (Wildman–Crippen MR) is 88.5 cm³/mol. The molecule has 1 aromatic heterocycles. The zero-order valence-corrected chi connectivity index (χ0v) is 11.8. The van der Waals surface area contributed by atoms with Gasteiger partial charge in [-0.05, 0) is 17.2 Å². The normalized spacial score (nSPS) is 11.4. The molecule has 0 saturated heterocycles. The maximum absolute atomic E-state index is 5.98. The highest BCUT2D eigenvalue weighted by Crippen LogP contribution is 2.27. The first-order valence-corrected chi connectivity index (χ1v) is 6.82. The van der Waals surface area contributed by atoms with Crippen molar-refractivity contribution in [2.45, 2.75) is 0 Å². The first-order chi connectivity index (χ1) is 10.7. The van der Waals surface area contributed by atoms with Crippen LogP contribution < -0.4 is 11.5 Å². The lowest BCUT2D eigenvalue weighted by Crippen LogP contribution is -2.07. The third kappa shape index (κ3) is 2.93. The SMILES string of the molecule is Nc1nnc(C(=Cc2ccccc2)c2ccccc2)c(N)n1. The monoisotopic (exact) mass is 289 g/mol. The minimum atomic E-state index is 0.0633. The fourth-order valence-electron chi connectivity index (χ4n) is 2.17. The smallest absolute Gasteiger partial charge is 0.242 e. The maximum Gasteiger partial charge on any atom is 0.242 e. The summed E-state index contributed by atoms with van der Waals surface area (Å²) in [5.74, 6) is 0.326. The van der Waals surface area contributed by atoms with Crippen LogP contribution in [-0.2, 0) is 0 Å². The number of anilines is 2. The van der Waals surface area contributed by atoms with Crippen molar-refractivity contribution in [1.29, 1.82) is 0 Å². The van der Waals surface area contributed by atoms with Crippen LogP contribution >= 0.6 is 0 Å². The minimum Gasteiger partial charge on any atom is -0.382 e. The lowest BCUT2D eigenvalue weighted by molar-refractivity contribution is 0.975. The Hall–Kier alpha value is -3.21. The van der Waals surface area contributed by atoms with Crippen LogP contribution in [0.3, 0.4) is 0 Å². The highest BCUT2D eigenvalue weighted by molar-refractivity contribution is 5.92. The van der Waals surface area contributed by atoms with Crippen molar-refractivity contribution >= 4 is 23.4 Å². The summed E-state index contributed by atoms with van der Waals surface area (Å²) in [4.78, 5) is 4.00. The van der Waals surface area contributed by atoms with Gasteiger partial charge in [-0.25, -0.2) is 0 Å². The van der Waals surface area contributed by atoms with Crippen molar-refractivity contribution in [3.05, 3.63) is 77.5 Å². The van der Waals surface area contributed by atoms with Crippen molar-refractivity contribution < 1.29 is 0 Å². The fraction of sp³-hybridized carbons (Fsp3) is 0. The Kier molecular flexibility index (Phi) is 3.78. The maximum atomic E-state index is 5.98. The third-order valence-electron chi connectivity index (χ3n) is 3.18. The Morgan fingerprint density at radius 2 is 1.45 bits per heavy atom. The molecule has 5 nitrogen and oxygen atoms in total. The molecule has 3 aromatic rings. The molecule has 0 radical (unpaired) electrons. The van der Waals surface area contributed by atoms with Crippen LogP contribution in [0.15, 0.2) is 60.7 Å². The van der Waals surface area contributed by atoms with Crippen molar-refractivity contribution in [2.75, 3.05) is 11.5 Å². The predicted octanol–water partition coefficient (Wildman–Crippen LogP) is 2.62. The second-order valence-corrected chi connectivity index (χ2v) is 4.74. The van der Waals surface area contributed by atoms with E-state index in [4.69, 9.17) is 11.5 Å². The molecule has 0 aliphatic heterocycles. The Morgan fingerprint density at radius 3 is 2.09 bits per heavy atom. The second-order valence-electron chi connectivity index (χ2n) is 4.74. The van der Waals surface area contributed by atoms with Gasteiger partial charge in [-0.3, -0.25) is 0 Å². The van der Waals surface area contributed by atoms with Gasteiger partial charge in [0.2, 0.25) is 5.95 Å². The van der Waals surface area contributed by atoms with Crippen LogP contribution in [0.4, 0.5) is 11.8 Å². The van der Waals surface area contributed by atoms with Crippen molar-refractivity contribution in [2.24, 2.45) is 0 Å². The average molecular weight is 289 g/mol. The molecule has 0 aliphatic carbocycles. The quantitative estimate of drug-likeness (QED) is 0.723. The molecule has 0 fully saturated rings. The summed E-state index contributed by atoms with van der Waals surface area (Å²) in [7, 11) is 0.